The summed E-state index contributed by atoms with van der Waals surface area (Å²) in [4.78, 5) is 19.6. The number of rotatable bonds is 2. The van der Waals surface area contributed by atoms with Crippen LogP contribution in [0.4, 0.5) is 0 Å². The summed E-state index contributed by atoms with van der Waals surface area (Å²) in [7, 11) is -3.92. The third-order valence-corrected chi connectivity index (χ3v) is 3.36. The summed E-state index contributed by atoms with van der Waals surface area (Å²) in [6, 6.07) is 8.04. The molecular formula is C10H14NO3P. The molecule has 0 spiro atoms. The van der Waals surface area contributed by atoms with Gasteiger partial charge in [0.1, 0.15) is 6.29 Å². The molecule has 2 rings (SSSR count). The average molecular weight is 227 g/mol. The van der Waals surface area contributed by atoms with Crippen molar-refractivity contribution in [1.82, 2.24) is 4.90 Å². The Kier molecular flexibility index (Phi) is 2.94. The quantitative estimate of drug-likeness (QED) is 0.745. The lowest BCUT2D eigenvalue weighted by Crippen LogP contribution is -2.31. The standard InChI is InChI=1S/C10H14NO3P/c12-15(13,14)8-11-6-5-9-3-1-2-4-10(9)7-11/h1-4H,5-8H2,(H2,12,13,14). The Balaban J connectivity index is 2.09. The molecule has 0 radical (unpaired) electrons. The summed E-state index contributed by atoms with van der Waals surface area (Å²) in [6.07, 6.45) is 0.734. The summed E-state index contributed by atoms with van der Waals surface area (Å²) in [6.45, 7) is 1.36. The van der Waals surface area contributed by atoms with Gasteiger partial charge in [-0.2, -0.15) is 0 Å². The summed E-state index contributed by atoms with van der Waals surface area (Å²) in [5.41, 5.74) is 2.47. The third kappa shape index (κ3) is 2.89. The second kappa shape index (κ2) is 4.06. The van der Waals surface area contributed by atoms with Gasteiger partial charge in [0.15, 0.2) is 0 Å². The second-order valence-electron chi connectivity index (χ2n) is 3.88. The fraction of sp³-hybridized carbons (Fsp3) is 0.400. The number of benzene rings is 1. The molecule has 0 aromatic heterocycles. The van der Waals surface area contributed by atoms with Crippen LogP contribution >= 0.6 is 7.60 Å². The first-order valence-corrected chi connectivity index (χ1v) is 6.68. The van der Waals surface area contributed by atoms with Crippen LogP contribution in [-0.4, -0.2) is 27.5 Å². The minimum atomic E-state index is -3.92. The van der Waals surface area contributed by atoms with Crippen LogP contribution in [0.15, 0.2) is 24.3 Å². The third-order valence-electron chi connectivity index (χ3n) is 2.59. The molecule has 82 valence electrons. The fourth-order valence-electron chi connectivity index (χ4n) is 1.94. The molecule has 1 heterocycles. The van der Waals surface area contributed by atoms with Gasteiger partial charge in [-0.3, -0.25) is 9.46 Å². The molecule has 0 unspecified atom stereocenters. The highest BCUT2D eigenvalue weighted by Crippen LogP contribution is 2.36. The highest BCUT2D eigenvalue weighted by atomic mass is 31.2. The van der Waals surface area contributed by atoms with Gasteiger partial charge in [0.05, 0.1) is 0 Å². The lowest BCUT2D eigenvalue weighted by molar-refractivity contribution is 0.260. The molecule has 0 amide bonds. The van der Waals surface area contributed by atoms with Gasteiger partial charge in [-0.05, 0) is 17.5 Å². The molecule has 2 N–H and O–H groups in total. The molecule has 15 heavy (non-hydrogen) atoms. The maximum Gasteiger partial charge on any atom is 0.339 e. The van der Waals surface area contributed by atoms with Crippen molar-refractivity contribution >= 4 is 7.60 Å². The van der Waals surface area contributed by atoms with E-state index in [1.807, 2.05) is 23.1 Å². The SMILES string of the molecule is O=P(O)(O)CN1CCc2ccccc2C1. The van der Waals surface area contributed by atoms with Crippen LogP contribution in [0.5, 0.6) is 0 Å². The van der Waals surface area contributed by atoms with Gasteiger partial charge in [0.2, 0.25) is 0 Å². The van der Waals surface area contributed by atoms with Crippen molar-refractivity contribution in [3.05, 3.63) is 35.4 Å². The zero-order valence-corrected chi connectivity index (χ0v) is 9.23. The molecule has 5 heteroatoms. The van der Waals surface area contributed by atoms with E-state index in [9.17, 15) is 4.57 Å². The average Bonchev–Trinajstić information content (AvgIpc) is 2.15. The molecule has 0 fully saturated rings. The number of fused-ring (bicyclic) bond motifs is 1. The lowest BCUT2D eigenvalue weighted by Gasteiger charge is -2.28. The van der Waals surface area contributed by atoms with Crippen molar-refractivity contribution in [2.24, 2.45) is 0 Å². The van der Waals surface area contributed by atoms with E-state index in [4.69, 9.17) is 9.79 Å². The van der Waals surface area contributed by atoms with Crippen LogP contribution in [0.1, 0.15) is 11.1 Å². The number of hydrogen-bond acceptors (Lipinski definition) is 2. The molecule has 0 atom stereocenters. The molecule has 0 bridgehead atoms. The van der Waals surface area contributed by atoms with E-state index in [-0.39, 0.29) is 6.29 Å². The molecule has 1 aliphatic rings. The van der Waals surface area contributed by atoms with Crippen LogP contribution in [0, 0.1) is 0 Å². The first kappa shape index (κ1) is 10.8. The van der Waals surface area contributed by atoms with Gasteiger partial charge in [0, 0.05) is 13.1 Å². The van der Waals surface area contributed by atoms with Gasteiger partial charge in [0.25, 0.3) is 0 Å². The van der Waals surface area contributed by atoms with E-state index < -0.39 is 7.60 Å². The molecule has 1 aliphatic heterocycles. The van der Waals surface area contributed by atoms with Gasteiger partial charge in [-0.15, -0.1) is 0 Å². The van der Waals surface area contributed by atoms with Gasteiger partial charge < -0.3 is 9.79 Å². The van der Waals surface area contributed by atoms with Gasteiger partial charge in [-0.25, -0.2) is 0 Å². The van der Waals surface area contributed by atoms with Gasteiger partial charge >= 0.3 is 7.60 Å². The van der Waals surface area contributed by atoms with E-state index in [1.165, 1.54) is 11.1 Å². The van der Waals surface area contributed by atoms with Crippen LogP contribution < -0.4 is 0 Å². The fourth-order valence-corrected chi connectivity index (χ4v) is 2.70. The zero-order valence-electron chi connectivity index (χ0n) is 8.33. The Morgan fingerprint density at radius 1 is 1.27 bits per heavy atom. The maximum absolute atomic E-state index is 10.9. The predicted octanol–water partition coefficient (Wildman–Crippen LogP) is 1.18. The Morgan fingerprint density at radius 2 is 1.93 bits per heavy atom. The van der Waals surface area contributed by atoms with E-state index in [2.05, 4.69) is 6.07 Å². The van der Waals surface area contributed by atoms with Crippen molar-refractivity contribution in [1.29, 1.82) is 0 Å². The number of hydrogen-bond donors (Lipinski definition) is 2. The molecule has 4 nitrogen and oxygen atoms in total. The smallest absolute Gasteiger partial charge is 0.324 e. The predicted molar refractivity (Wildman–Crippen MR) is 57.5 cm³/mol. The molecule has 0 saturated carbocycles. The number of nitrogens with zero attached hydrogens (tertiary/aromatic N) is 1. The van der Waals surface area contributed by atoms with Crippen molar-refractivity contribution < 1.29 is 14.4 Å². The van der Waals surface area contributed by atoms with E-state index in [0.717, 1.165) is 13.0 Å². The largest absolute Gasteiger partial charge is 0.339 e. The van der Waals surface area contributed by atoms with Crippen LogP contribution in [0.2, 0.25) is 0 Å². The van der Waals surface area contributed by atoms with Crippen LogP contribution in [0.3, 0.4) is 0 Å². The minimum absolute atomic E-state index is 0.138. The summed E-state index contributed by atoms with van der Waals surface area (Å²) >= 11 is 0. The Labute approximate surface area is 88.7 Å². The topological polar surface area (TPSA) is 60.8 Å². The van der Waals surface area contributed by atoms with E-state index in [0.29, 0.717) is 6.54 Å². The summed E-state index contributed by atoms with van der Waals surface area (Å²) in [5, 5.41) is 0. The monoisotopic (exact) mass is 227 g/mol. The minimum Gasteiger partial charge on any atom is -0.324 e. The second-order valence-corrected chi connectivity index (χ2v) is 5.49. The van der Waals surface area contributed by atoms with Crippen molar-refractivity contribution in [2.75, 3.05) is 12.8 Å². The normalized spacial score (nSPS) is 17.5. The van der Waals surface area contributed by atoms with Gasteiger partial charge in [-0.1, -0.05) is 24.3 Å². The Bertz CT molecular complexity index is 401. The molecular weight excluding hydrogens is 213 g/mol. The Hall–Kier alpha value is -0.670. The molecule has 1 aromatic carbocycles. The Morgan fingerprint density at radius 3 is 2.60 bits per heavy atom. The summed E-state index contributed by atoms with van der Waals surface area (Å²) < 4.78 is 10.9. The van der Waals surface area contributed by atoms with Crippen LogP contribution in [0.25, 0.3) is 0 Å². The van der Waals surface area contributed by atoms with Crippen LogP contribution in [-0.2, 0) is 17.5 Å². The first-order chi connectivity index (χ1) is 7.04. The van der Waals surface area contributed by atoms with Crippen molar-refractivity contribution in [3.8, 4) is 0 Å². The maximum atomic E-state index is 10.9. The molecule has 0 saturated heterocycles. The lowest BCUT2D eigenvalue weighted by atomic mass is 10.0. The first-order valence-electron chi connectivity index (χ1n) is 4.88. The zero-order chi connectivity index (χ0) is 10.9. The molecule has 0 aliphatic carbocycles. The van der Waals surface area contributed by atoms with Crippen molar-refractivity contribution in [3.63, 3.8) is 0 Å². The van der Waals surface area contributed by atoms with Crippen molar-refractivity contribution in [2.45, 2.75) is 13.0 Å². The van der Waals surface area contributed by atoms with E-state index >= 15 is 0 Å². The highest BCUT2D eigenvalue weighted by molar-refractivity contribution is 7.51. The molecule has 1 aromatic rings. The highest BCUT2D eigenvalue weighted by Gasteiger charge is 2.22. The van der Waals surface area contributed by atoms with E-state index in [1.54, 1.807) is 0 Å². The summed E-state index contributed by atoms with van der Waals surface area (Å²) in [5.74, 6) is 0.